The molecule has 112 valence electrons. The first-order valence-electron chi connectivity index (χ1n) is 5.88. The number of primary amides is 1. The summed E-state index contributed by atoms with van der Waals surface area (Å²) in [6, 6.07) is 3.13. The third-order valence-corrected chi connectivity index (χ3v) is 4.37. The lowest BCUT2D eigenvalue weighted by molar-refractivity contribution is 0.1000. The molecule has 0 spiro atoms. The molecule has 0 saturated heterocycles. The molecule has 1 amide bonds. The molecule has 0 fully saturated rings. The summed E-state index contributed by atoms with van der Waals surface area (Å²) in [6.07, 6.45) is 1.27. The smallest absolute Gasteiger partial charge is 0.248 e. The molecule has 0 aliphatic heterocycles. The molecular weight excluding hydrogens is 296 g/mol. The monoisotopic (exact) mass is 310 g/mol. The average Bonchev–Trinajstić information content (AvgIpc) is 2.91. The van der Waals surface area contributed by atoms with Crippen molar-refractivity contribution in [1.82, 2.24) is 19.9 Å². The highest BCUT2D eigenvalue weighted by Gasteiger charge is 2.22. The van der Waals surface area contributed by atoms with Crippen molar-refractivity contribution in [2.24, 2.45) is 5.73 Å². The number of carbonyl (C=O) groups excluding carboxylic acids is 1. The summed E-state index contributed by atoms with van der Waals surface area (Å²) < 4.78 is 26.9. The fourth-order valence-electron chi connectivity index (χ4n) is 1.72. The maximum absolute atomic E-state index is 12.3. The Kier molecular flexibility index (Phi) is 3.91. The first kappa shape index (κ1) is 14.9. The lowest BCUT2D eigenvalue weighted by Crippen LogP contribution is -2.28. The molecule has 1 heterocycles. The van der Waals surface area contributed by atoms with Gasteiger partial charge < -0.3 is 11.5 Å². The van der Waals surface area contributed by atoms with E-state index in [4.69, 9.17) is 11.5 Å². The van der Waals surface area contributed by atoms with E-state index in [2.05, 4.69) is 19.9 Å². The van der Waals surface area contributed by atoms with E-state index < -0.39 is 22.0 Å². The zero-order valence-electron chi connectivity index (χ0n) is 11.1. The van der Waals surface area contributed by atoms with Crippen molar-refractivity contribution in [1.29, 1.82) is 0 Å². The Morgan fingerprint density at radius 1 is 1.43 bits per heavy atom. The van der Waals surface area contributed by atoms with Crippen molar-refractivity contribution in [3.05, 3.63) is 35.9 Å². The number of nitrogen functional groups attached to an aromatic ring is 1. The van der Waals surface area contributed by atoms with E-state index >= 15 is 0 Å². The highest BCUT2D eigenvalue weighted by Crippen LogP contribution is 2.21. The molecule has 2 rings (SSSR count). The van der Waals surface area contributed by atoms with Crippen LogP contribution >= 0.6 is 0 Å². The Morgan fingerprint density at radius 2 is 2.14 bits per heavy atom. The zero-order chi connectivity index (χ0) is 15.6. The first-order valence-corrected chi connectivity index (χ1v) is 7.36. The van der Waals surface area contributed by atoms with Crippen LogP contribution in [0.3, 0.4) is 0 Å². The largest absolute Gasteiger partial charge is 0.398 e. The van der Waals surface area contributed by atoms with Crippen LogP contribution in [-0.4, -0.2) is 29.5 Å². The van der Waals surface area contributed by atoms with Crippen LogP contribution in [0.2, 0.25) is 0 Å². The quantitative estimate of drug-likeness (QED) is 0.546. The molecule has 6 N–H and O–H groups in total. The summed E-state index contributed by atoms with van der Waals surface area (Å²) in [4.78, 5) is 14.8. The fraction of sp³-hybridized carbons (Fsp3) is 0.182. The molecule has 0 radical (unpaired) electrons. The number of nitrogens with zero attached hydrogens (tertiary/aromatic N) is 2. The average molecular weight is 310 g/mol. The number of aromatic nitrogens is 3. The number of nitrogens with two attached hydrogens (primary N) is 2. The fourth-order valence-corrected chi connectivity index (χ4v) is 3.04. The number of benzene rings is 1. The van der Waals surface area contributed by atoms with Gasteiger partial charge in [-0.25, -0.2) is 18.1 Å². The number of amides is 1. The number of nitrogens with one attached hydrogen (secondary N) is 2. The van der Waals surface area contributed by atoms with Gasteiger partial charge >= 0.3 is 0 Å². The Morgan fingerprint density at radius 3 is 2.67 bits per heavy atom. The second-order valence-electron chi connectivity index (χ2n) is 4.33. The van der Waals surface area contributed by atoms with Crippen LogP contribution in [0.1, 0.15) is 29.1 Å². The lowest BCUT2D eigenvalue weighted by Gasteiger charge is -2.13. The summed E-state index contributed by atoms with van der Waals surface area (Å²) in [6.45, 7) is 1.60. The molecular formula is C11H14N6O3S. The van der Waals surface area contributed by atoms with Gasteiger partial charge in [0.25, 0.3) is 0 Å². The van der Waals surface area contributed by atoms with E-state index in [1.54, 1.807) is 6.92 Å². The number of rotatable bonds is 5. The van der Waals surface area contributed by atoms with Gasteiger partial charge in [0.1, 0.15) is 17.0 Å². The van der Waals surface area contributed by atoms with Crippen molar-refractivity contribution >= 4 is 21.6 Å². The van der Waals surface area contributed by atoms with Crippen molar-refractivity contribution in [3.63, 3.8) is 0 Å². The predicted octanol–water partition coefficient (Wildman–Crippen LogP) is -0.475. The summed E-state index contributed by atoms with van der Waals surface area (Å²) in [7, 11) is -3.87. The van der Waals surface area contributed by atoms with Gasteiger partial charge in [0.2, 0.25) is 15.9 Å². The number of hydrogen-bond acceptors (Lipinski definition) is 6. The second-order valence-corrected chi connectivity index (χ2v) is 6.01. The van der Waals surface area contributed by atoms with Gasteiger partial charge in [0.05, 0.1) is 11.7 Å². The normalized spacial score (nSPS) is 13.0. The van der Waals surface area contributed by atoms with E-state index in [0.717, 1.165) is 0 Å². The molecule has 0 bridgehead atoms. The maximum Gasteiger partial charge on any atom is 0.248 e. The molecule has 1 atom stereocenters. The predicted molar refractivity (Wildman–Crippen MR) is 74.5 cm³/mol. The van der Waals surface area contributed by atoms with Crippen molar-refractivity contribution in [2.75, 3.05) is 5.73 Å². The zero-order valence-corrected chi connectivity index (χ0v) is 11.9. The van der Waals surface area contributed by atoms with Crippen molar-refractivity contribution in [3.8, 4) is 0 Å². The second kappa shape index (κ2) is 5.50. The van der Waals surface area contributed by atoms with Gasteiger partial charge in [-0.1, -0.05) is 0 Å². The number of carbonyl (C=O) groups is 1. The van der Waals surface area contributed by atoms with Gasteiger partial charge in [-0.05, 0) is 25.1 Å². The Bertz CT molecular complexity index is 756. The third-order valence-electron chi connectivity index (χ3n) is 2.76. The number of hydrogen-bond donors (Lipinski definition) is 4. The lowest BCUT2D eigenvalue weighted by atomic mass is 10.2. The topological polar surface area (TPSA) is 157 Å². The van der Waals surface area contributed by atoms with Crippen LogP contribution < -0.4 is 16.2 Å². The van der Waals surface area contributed by atoms with E-state index in [1.807, 2.05) is 0 Å². The maximum atomic E-state index is 12.3. The van der Waals surface area contributed by atoms with Gasteiger partial charge in [-0.2, -0.15) is 5.10 Å². The summed E-state index contributed by atoms with van der Waals surface area (Å²) in [5.74, 6) is -0.320. The van der Waals surface area contributed by atoms with Crippen molar-refractivity contribution in [2.45, 2.75) is 17.9 Å². The van der Waals surface area contributed by atoms with Crippen LogP contribution in [0.25, 0.3) is 0 Å². The minimum Gasteiger partial charge on any atom is -0.398 e. The van der Waals surface area contributed by atoms with Gasteiger partial charge in [0, 0.05) is 5.56 Å². The Hall–Kier alpha value is -2.46. The summed E-state index contributed by atoms with van der Waals surface area (Å²) in [5, 5.41) is 6.22. The minimum absolute atomic E-state index is 0.0661. The SMILES string of the molecule is CC(NS(=O)(=O)c1ccc(C(N)=O)cc1N)c1ncn[nH]1. The van der Waals surface area contributed by atoms with Gasteiger partial charge in [0.15, 0.2) is 0 Å². The van der Waals surface area contributed by atoms with Crippen LogP contribution in [0, 0.1) is 0 Å². The van der Waals surface area contributed by atoms with E-state index in [0.29, 0.717) is 5.82 Å². The van der Waals surface area contributed by atoms with Crippen molar-refractivity contribution < 1.29 is 13.2 Å². The molecule has 9 nitrogen and oxygen atoms in total. The molecule has 1 unspecified atom stereocenters. The van der Waals surface area contributed by atoms with Crippen LogP contribution in [0.4, 0.5) is 5.69 Å². The standard InChI is InChI=1S/C11H14N6O3S/c1-6(11-14-5-15-16-11)17-21(19,20)9-3-2-7(10(13)18)4-8(9)12/h2-6,17H,12H2,1H3,(H2,13,18)(H,14,15,16). The van der Waals surface area contributed by atoms with E-state index in [9.17, 15) is 13.2 Å². The van der Waals surface area contributed by atoms with Gasteiger partial charge in [-0.3, -0.25) is 9.89 Å². The molecule has 0 aliphatic carbocycles. The highest BCUT2D eigenvalue weighted by molar-refractivity contribution is 7.89. The Balaban J connectivity index is 2.29. The van der Waals surface area contributed by atoms with Crippen LogP contribution in [0.5, 0.6) is 0 Å². The third kappa shape index (κ3) is 3.17. The molecule has 2 aromatic rings. The summed E-state index contributed by atoms with van der Waals surface area (Å²) in [5.41, 5.74) is 10.9. The van der Waals surface area contributed by atoms with E-state index in [-0.39, 0.29) is 16.1 Å². The molecule has 0 saturated carbocycles. The minimum atomic E-state index is -3.87. The number of H-pyrrole nitrogens is 1. The first-order chi connectivity index (χ1) is 9.81. The molecule has 0 aliphatic rings. The number of aromatic amines is 1. The number of anilines is 1. The molecule has 1 aromatic heterocycles. The van der Waals surface area contributed by atoms with E-state index in [1.165, 1.54) is 24.5 Å². The van der Waals surface area contributed by atoms with Crippen LogP contribution in [0.15, 0.2) is 29.4 Å². The summed E-state index contributed by atoms with van der Waals surface area (Å²) >= 11 is 0. The Labute approximate surface area is 120 Å². The van der Waals surface area contributed by atoms with Gasteiger partial charge in [-0.15, -0.1) is 0 Å². The molecule has 10 heteroatoms. The number of sulfonamides is 1. The highest BCUT2D eigenvalue weighted by atomic mass is 32.2. The molecule has 21 heavy (non-hydrogen) atoms. The van der Waals surface area contributed by atoms with Crippen LogP contribution in [-0.2, 0) is 10.0 Å². The molecule has 1 aromatic carbocycles.